The number of benzene rings is 1. The smallest absolute Gasteiger partial charge is 0.261 e. The Morgan fingerprint density at radius 1 is 1.46 bits per heavy atom. The largest absolute Gasteiger partial charge is 0.494 e. The number of halogens is 1. The third-order valence-electron chi connectivity index (χ3n) is 1.40. The molecule has 0 aliphatic carbocycles. The van der Waals surface area contributed by atoms with E-state index in [0.29, 0.717) is 12.4 Å². The summed E-state index contributed by atoms with van der Waals surface area (Å²) in [7, 11) is 1.50. The van der Waals surface area contributed by atoms with E-state index in [1.165, 1.54) is 12.1 Å². The molecule has 0 atom stereocenters. The van der Waals surface area contributed by atoms with Gasteiger partial charge in [0.25, 0.3) is 9.05 Å². The van der Waals surface area contributed by atoms with Crippen molar-refractivity contribution in [1.82, 2.24) is 0 Å². The molecule has 13 heavy (non-hydrogen) atoms. The van der Waals surface area contributed by atoms with Crippen molar-refractivity contribution in [3.63, 3.8) is 0 Å². The molecule has 0 bridgehead atoms. The highest BCUT2D eigenvalue weighted by molar-refractivity contribution is 8.13. The van der Waals surface area contributed by atoms with Crippen molar-refractivity contribution in [3.05, 3.63) is 24.3 Å². The lowest BCUT2D eigenvalue weighted by Crippen LogP contribution is -1.94. The van der Waals surface area contributed by atoms with Gasteiger partial charge in [-0.3, -0.25) is 0 Å². The van der Waals surface area contributed by atoms with Crippen LogP contribution in [0.25, 0.3) is 0 Å². The SMILES string of the molecule is CCOc1cccc(S(=O)(=O)Cl)c1. The van der Waals surface area contributed by atoms with Crippen LogP contribution in [0.15, 0.2) is 29.2 Å². The molecule has 0 saturated heterocycles. The molecule has 0 aromatic heterocycles. The molecule has 0 unspecified atom stereocenters. The zero-order valence-electron chi connectivity index (χ0n) is 7.03. The normalized spacial score (nSPS) is 11.2. The van der Waals surface area contributed by atoms with Gasteiger partial charge >= 0.3 is 0 Å². The molecular formula is C8H9ClO3S. The maximum atomic E-state index is 10.9. The number of rotatable bonds is 3. The van der Waals surface area contributed by atoms with Crippen LogP contribution in [0.4, 0.5) is 0 Å². The number of ether oxygens (including phenoxy) is 1. The summed E-state index contributed by atoms with van der Waals surface area (Å²) in [5.74, 6) is 0.504. The zero-order chi connectivity index (χ0) is 9.90. The van der Waals surface area contributed by atoms with Crippen LogP contribution in [0.1, 0.15) is 6.92 Å². The average molecular weight is 221 g/mol. The van der Waals surface area contributed by atoms with Crippen LogP contribution >= 0.6 is 10.7 Å². The molecule has 72 valence electrons. The molecule has 0 amide bonds. The minimum absolute atomic E-state index is 0.0557. The fraction of sp³-hybridized carbons (Fsp3) is 0.250. The van der Waals surface area contributed by atoms with E-state index in [0.717, 1.165) is 0 Å². The summed E-state index contributed by atoms with van der Waals surface area (Å²) < 4.78 is 26.9. The van der Waals surface area contributed by atoms with Gasteiger partial charge < -0.3 is 4.74 Å². The third-order valence-corrected chi connectivity index (χ3v) is 2.75. The first-order chi connectivity index (χ1) is 6.04. The molecule has 0 heterocycles. The van der Waals surface area contributed by atoms with Crippen LogP contribution in [-0.4, -0.2) is 15.0 Å². The second kappa shape index (κ2) is 3.98. The molecule has 1 rings (SSSR count). The molecule has 0 spiro atoms. The summed E-state index contributed by atoms with van der Waals surface area (Å²) in [6.45, 7) is 2.31. The van der Waals surface area contributed by atoms with Crippen LogP contribution in [0.2, 0.25) is 0 Å². The Kier molecular flexibility index (Phi) is 3.17. The molecule has 0 aliphatic rings. The monoisotopic (exact) mass is 220 g/mol. The molecule has 1 aromatic rings. The van der Waals surface area contributed by atoms with Gasteiger partial charge in [0.2, 0.25) is 0 Å². The van der Waals surface area contributed by atoms with Gasteiger partial charge in [0.05, 0.1) is 11.5 Å². The van der Waals surface area contributed by atoms with Crippen LogP contribution in [0.5, 0.6) is 5.75 Å². The molecule has 0 saturated carbocycles. The van der Waals surface area contributed by atoms with Gasteiger partial charge in [0.1, 0.15) is 5.75 Å². The van der Waals surface area contributed by atoms with Crippen molar-refractivity contribution in [2.75, 3.05) is 6.61 Å². The quantitative estimate of drug-likeness (QED) is 0.732. The van der Waals surface area contributed by atoms with Crippen LogP contribution in [0.3, 0.4) is 0 Å². The fourth-order valence-electron chi connectivity index (χ4n) is 0.882. The molecule has 0 radical (unpaired) electrons. The number of hydrogen-bond donors (Lipinski definition) is 0. The van der Waals surface area contributed by atoms with E-state index >= 15 is 0 Å². The molecule has 5 heteroatoms. The highest BCUT2D eigenvalue weighted by Gasteiger charge is 2.09. The molecule has 0 N–H and O–H groups in total. The van der Waals surface area contributed by atoms with Gasteiger partial charge in [-0.25, -0.2) is 8.42 Å². The van der Waals surface area contributed by atoms with Crippen molar-refractivity contribution in [2.45, 2.75) is 11.8 Å². The van der Waals surface area contributed by atoms with Gasteiger partial charge in [-0.1, -0.05) is 6.07 Å². The van der Waals surface area contributed by atoms with Crippen molar-refractivity contribution >= 4 is 19.7 Å². The minimum Gasteiger partial charge on any atom is -0.494 e. The summed E-state index contributed by atoms with van der Waals surface area (Å²) in [5, 5.41) is 0. The highest BCUT2D eigenvalue weighted by Crippen LogP contribution is 2.20. The lowest BCUT2D eigenvalue weighted by atomic mass is 10.3. The summed E-state index contributed by atoms with van der Waals surface area (Å²) in [4.78, 5) is 0.0557. The minimum atomic E-state index is -3.65. The summed E-state index contributed by atoms with van der Waals surface area (Å²) in [5.41, 5.74) is 0. The molecule has 0 fully saturated rings. The maximum Gasteiger partial charge on any atom is 0.261 e. The first kappa shape index (κ1) is 10.3. The van der Waals surface area contributed by atoms with Crippen molar-refractivity contribution < 1.29 is 13.2 Å². The van der Waals surface area contributed by atoms with Crippen LogP contribution in [0, 0.1) is 0 Å². The number of hydrogen-bond acceptors (Lipinski definition) is 3. The van der Waals surface area contributed by atoms with Gasteiger partial charge in [-0.15, -0.1) is 0 Å². The molecule has 0 aliphatic heterocycles. The lowest BCUT2D eigenvalue weighted by Gasteiger charge is -2.03. The Morgan fingerprint density at radius 2 is 2.15 bits per heavy atom. The standard InChI is InChI=1S/C8H9ClO3S/c1-2-12-7-4-3-5-8(6-7)13(9,10)11/h3-6H,2H2,1H3. The summed E-state index contributed by atoms with van der Waals surface area (Å²) in [6, 6.07) is 6.08. The van der Waals surface area contributed by atoms with E-state index in [-0.39, 0.29) is 4.90 Å². The van der Waals surface area contributed by atoms with Gasteiger partial charge in [0, 0.05) is 16.7 Å². The zero-order valence-corrected chi connectivity index (χ0v) is 8.60. The summed E-state index contributed by atoms with van der Waals surface area (Å²) >= 11 is 0. The highest BCUT2D eigenvalue weighted by atomic mass is 35.7. The Morgan fingerprint density at radius 3 is 2.69 bits per heavy atom. The molecular weight excluding hydrogens is 212 g/mol. The van der Waals surface area contributed by atoms with Gasteiger partial charge in [-0.2, -0.15) is 0 Å². The first-order valence-electron chi connectivity index (χ1n) is 3.71. The second-order valence-corrected chi connectivity index (χ2v) is 4.91. The van der Waals surface area contributed by atoms with E-state index in [1.807, 2.05) is 6.92 Å². The summed E-state index contributed by atoms with van der Waals surface area (Å²) in [6.07, 6.45) is 0. The fourth-order valence-corrected chi connectivity index (χ4v) is 1.67. The van der Waals surface area contributed by atoms with Gasteiger partial charge in [0.15, 0.2) is 0 Å². The van der Waals surface area contributed by atoms with Crippen molar-refractivity contribution in [2.24, 2.45) is 0 Å². The average Bonchev–Trinajstić information content (AvgIpc) is 2.04. The molecule has 1 aromatic carbocycles. The maximum absolute atomic E-state index is 10.9. The van der Waals surface area contributed by atoms with E-state index in [9.17, 15) is 8.42 Å². The van der Waals surface area contributed by atoms with Crippen LogP contribution in [-0.2, 0) is 9.05 Å². The predicted octanol–water partition coefficient (Wildman–Crippen LogP) is 2.01. The third kappa shape index (κ3) is 2.90. The van der Waals surface area contributed by atoms with E-state index in [1.54, 1.807) is 12.1 Å². The Labute approximate surface area is 81.7 Å². The molecule has 3 nitrogen and oxygen atoms in total. The van der Waals surface area contributed by atoms with E-state index in [4.69, 9.17) is 15.4 Å². The topological polar surface area (TPSA) is 43.4 Å². The Hall–Kier alpha value is -0.740. The lowest BCUT2D eigenvalue weighted by molar-refractivity contribution is 0.339. The predicted molar refractivity (Wildman–Crippen MR) is 50.6 cm³/mol. The van der Waals surface area contributed by atoms with Gasteiger partial charge in [-0.05, 0) is 19.1 Å². The second-order valence-electron chi connectivity index (χ2n) is 2.35. The van der Waals surface area contributed by atoms with Crippen LogP contribution < -0.4 is 4.74 Å². The van der Waals surface area contributed by atoms with E-state index < -0.39 is 9.05 Å². The first-order valence-corrected chi connectivity index (χ1v) is 6.02. The van der Waals surface area contributed by atoms with E-state index in [2.05, 4.69) is 0 Å². The van der Waals surface area contributed by atoms with Crippen molar-refractivity contribution in [1.29, 1.82) is 0 Å². The van der Waals surface area contributed by atoms with Crippen molar-refractivity contribution in [3.8, 4) is 5.75 Å². The Balaban J connectivity index is 3.06. The Bertz CT molecular complexity index is 386.